The van der Waals surface area contributed by atoms with Gasteiger partial charge in [0.1, 0.15) is 30.7 Å². The van der Waals surface area contributed by atoms with E-state index in [1.54, 1.807) is 37.6 Å². The second-order valence-electron chi connectivity index (χ2n) is 9.70. The minimum absolute atomic E-state index is 0.0922. The molecule has 0 spiro atoms. The van der Waals surface area contributed by atoms with E-state index in [2.05, 4.69) is 30.2 Å². The van der Waals surface area contributed by atoms with Crippen molar-refractivity contribution in [3.8, 4) is 28.7 Å². The van der Waals surface area contributed by atoms with Crippen molar-refractivity contribution in [2.75, 3.05) is 25.7 Å². The molecule has 0 unspecified atom stereocenters. The van der Waals surface area contributed by atoms with E-state index < -0.39 is 26.1 Å². The van der Waals surface area contributed by atoms with E-state index >= 15 is 0 Å². The summed E-state index contributed by atoms with van der Waals surface area (Å²) in [6.07, 6.45) is 0.814. The summed E-state index contributed by atoms with van der Waals surface area (Å²) in [5.74, 6) is 0.507. The molecule has 0 saturated heterocycles. The van der Waals surface area contributed by atoms with E-state index in [1.807, 2.05) is 0 Å². The van der Waals surface area contributed by atoms with Crippen LogP contribution >= 0.6 is 7.14 Å². The first kappa shape index (κ1) is 23.1. The molecular weight excluding hydrogens is 530 g/mol. The van der Waals surface area contributed by atoms with Gasteiger partial charge in [-0.1, -0.05) is 24.3 Å². The zero-order valence-corrected chi connectivity index (χ0v) is 22.2. The molecule has 4 aromatic rings. The van der Waals surface area contributed by atoms with Crippen molar-refractivity contribution in [3.63, 3.8) is 0 Å². The van der Waals surface area contributed by atoms with Gasteiger partial charge in [0.05, 0.1) is 22.1 Å². The van der Waals surface area contributed by atoms with Crippen LogP contribution in [0.15, 0.2) is 43.0 Å². The van der Waals surface area contributed by atoms with E-state index in [1.165, 1.54) is 24.1 Å². The predicted octanol–water partition coefficient (Wildman–Crippen LogP) is 5.10. The molecule has 3 heterocycles. The number of aromatic nitrogens is 6. The molecule has 1 fully saturated rings. The third-order valence-corrected chi connectivity index (χ3v) is 7.80. The van der Waals surface area contributed by atoms with Gasteiger partial charge in [0.15, 0.2) is 11.5 Å². The monoisotopic (exact) mass is 560 g/mol. The molecule has 0 radical (unpaired) electrons. The molecule has 204 valence electrons. The van der Waals surface area contributed by atoms with Crippen LogP contribution in [0.5, 0.6) is 5.88 Å². The molecule has 1 aliphatic carbocycles. The fraction of sp³-hybridized carbons (Fsp3) is 0.346. The van der Waals surface area contributed by atoms with Crippen LogP contribution in [0, 0.1) is 0 Å². The van der Waals surface area contributed by atoms with Gasteiger partial charge in [0.25, 0.3) is 0 Å². The number of ether oxygens (including phenoxy) is 1. The van der Waals surface area contributed by atoms with E-state index in [0.717, 1.165) is 24.6 Å². The number of methoxy groups -OCH3 is 1. The van der Waals surface area contributed by atoms with Crippen LogP contribution in [0.3, 0.4) is 0 Å². The lowest BCUT2D eigenvalue weighted by Crippen LogP contribution is -2.17. The molecule has 0 bridgehead atoms. The SMILES string of the molecule is [2H]C([2H])([2H])Oc1ncnc(C2CC2)c1-c1ncc(P(C)(C)=O)c(NCc2ccc(-c3nc(C(F)(F)F)cn3C)cc2)n1. The fourth-order valence-corrected chi connectivity index (χ4v) is 5.16. The zero-order chi connectivity index (χ0) is 30.4. The Morgan fingerprint density at radius 1 is 1.15 bits per heavy atom. The molecule has 0 amide bonds. The Labute approximate surface area is 227 Å². The maximum absolute atomic E-state index is 13.1. The molecule has 1 N–H and O–H groups in total. The van der Waals surface area contributed by atoms with E-state index in [4.69, 9.17) is 8.85 Å². The van der Waals surface area contributed by atoms with Crippen molar-refractivity contribution >= 4 is 18.3 Å². The predicted molar refractivity (Wildman–Crippen MR) is 142 cm³/mol. The first-order valence-corrected chi connectivity index (χ1v) is 14.6. The Hall–Kier alpha value is -3.79. The lowest BCUT2D eigenvalue weighted by Gasteiger charge is -2.17. The summed E-state index contributed by atoms with van der Waals surface area (Å²) >= 11 is 0. The average Bonchev–Trinajstić information content (AvgIpc) is 3.66. The number of nitrogens with zero attached hydrogens (tertiary/aromatic N) is 6. The van der Waals surface area contributed by atoms with Crippen LogP contribution in [-0.4, -0.2) is 49.9 Å². The largest absolute Gasteiger partial charge is 0.480 e. The molecule has 0 aliphatic heterocycles. The average molecular weight is 561 g/mol. The number of hydrogen-bond donors (Lipinski definition) is 1. The zero-order valence-electron chi connectivity index (χ0n) is 24.3. The van der Waals surface area contributed by atoms with Gasteiger partial charge in [0.2, 0.25) is 5.88 Å². The molecule has 1 aliphatic rings. The molecule has 13 heteroatoms. The number of halogens is 3. The fourth-order valence-electron chi connectivity index (χ4n) is 4.18. The molecule has 1 aromatic carbocycles. The molecule has 0 atom stereocenters. The van der Waals surface area contributed by atoms with Gasteiger partial charge in [-0.05, 0) is 31.7 Å². The Balaban J connectivity index is 1.45. The van der Waals surface area contributed by atoms with Crippen molar-refractivity contribution < 1.29 is 26.6 Å². The summed E-state index contributed by atoms with van der Waals surface area (Å²) in [6.45, 7) is 3.40. The highest BCUT2D eigenvalue weighted by molar-refractivity contribution is 7.70. The highest BCUT2D eigenvalue weighted by atomic mass is 31.2. The molecule has 39 heavy (non-hydrogen) atoms. The second kappa shape index (κ2) is 10.1. The molecular formula is C26H27F3N7O2P. The van der Waals surface area contributed by atoms with Crippen LogP contribution in [0.4, 0.5) is 19.0 Å². The van der Waals surface area contributed by atoms with Crippen molar-refractivity contribution in [2.45, 2.75) is 31.5 Å². The Morgan fingerprint density at radius 3 is 2.51 bits per heavy atom. The Kier molecular flexibility index (Phi) is 5.97. The van der Waals surface area contributed by atoms with Gasteiger partial charge in [-0.2, -0.15) is 13.2 Å². The van der Waals surface area contributed by atoms with Gasteiger partial charge in [0, 0.05) is 37.5 Å². The van der Waals surface area contributed by atoms with Crippen molar-refractivity contribution in [1.29, 1.82) is 0 Å². The van der Waals surface area contributed by atoms with Crippen LogP contribution in [0.25, 0.3) is 22.8 Å². The van der Waals surface area contributed by atoms with Crippen molar-refractivity contribution in [3.05, 3.63) is 59.9 Å². The summed E-state index contributed by atoms with van der Waals surface area (Å²) < 4.78 is 81.5. The summed E-state index contributed by atoms with van der Waals surface area (Å²) in [4.78, 5) is 21.2. The second-order valence-corrected chi connectivity index (χ2v) is 12.9. The molecule has 1 saturated carbocycles. The Morgan fingerprint density at radius 2 is 1.90 bits per heavy atom. The van der Waals surface area contributed by atoms with Crippen LogP contribution < -0.4 is 15.4 Å². The maximum Gasteiger partial charge on any atom is 0.434 e. The number of rotatable bonds is 8. The highest BCUT2D eigenvalue weighted by Crippen LogP contribution is 2.45. The van der Waals surface area contributed by atoms with E-state index in [-0.39, 0.29) is 41.4 Å². The number of alkyl halides is 3. The molecule has 3 aromatic heterocycles. The first-order valence-electron chi connectivity index (χ1n) is 13.5. The summed E-state index contributed by atoms with van der Waals surface area (Å²) in [5, 5.41) is 3.57. The van der Waals surface area contributed by atoms with Crippen LogP contribution in [0.1, 0.15) is 39.8 Å². The minimum Gasteiger partial charge on any atom is -0.480 e. The third kappa shape index (κ3) is 5.66. The van der Waals surface area contributed by atoms with Gasteiger partial charge in [-0.3, -0.25) is 0 Å². The van der Waals surface area contributed by atoms with Gasteiger partial charge >= 0.3 is 6.18 Å². The number of nitrogens with one attached hydrogen (secondary N) is 1. The van der Waals surface area contributed by atoms with Gasteiger partial charge in [-0.15, -0.1) is 0 Å². The Bertz CT molecular complexity index is 1670. The smallest absolute Gasteiger partial charge is 0.434 e. The number of aryl methyl sites for hydroxylation is 1. The van der Waals surface area contributed by atoms with Gasteiger partial charge in [-0.25, -0.2) is 24.9 Å². The summed E-state index contributed by atoms with van der Waals surface area (Å²) in [6, 6.07) is 6.81. The van der Waals surface area contributed by atoms with Crippen molar-refractivity contribution in [2.24, 2.45) is 7.05 Å². The standard InChI is InChI=1S/C26H27F3N7O2P/c1-36-13-19(26(27,28)29)34-24(36)17-7-5-15(6-8-17)11-30-22-18(39(3,4)37)12-31-23(35-22)20-21(16-9-10-16)32-14-33-25(20)38-2/h5-8,12-14,16H,9-11H2,1-4H3,(H,30,31,35)/i2D3. The quantitative estimate of drug-likeness (QED) is 0.297. The number of anilines is 1. The normalized spacial score (nSPS) is 15.4. The minimum atomic E-state index is -4.54. The third-order valence-electron chi connectivity index (χ3n) is 6.31. The number of imidazole rings is 1. The van der Waals surface area contributed by atoms with Crippen LogP contribution in [0.2, 0.25) is 0 Å². The first-order chi connectivity index (χ1) is 19.6. The topological polar surface area (TPSA) is 108 Å². The van der Waals surface area contributed by atoms with E-state index in [9.17, 15) is 17.7 Å². The van der Waals surface area contributed by atoms with Gasteiger partial charge < -0.3 is 19.2 Å². The van der Waals surface area contributed by atoms with Crippen molar-refractivity contribution in [1.82, 2.24) is 29.5 Å². The molecule has 5 rings (SSSR count). The number of hydrogen-bond acceptors (Lipinski definition) is 8. The van der Waals surface area contributed by atoms with E-state index in [0.29, 0.717) is 16.6 Å². The summed E-state index contributed by atoms with van der Waals surface area (Å²) in [5.41, 5.74) is 1.16. The maximum atomic E-state index is 13.1. The molecule has 9 nitrogen and oxygen atoms in total. The lowest BCUT2D eigenvalue weighted by molar-refractivity contribution is -0.140. The lowest BCUT2D eigenvalue weighted by atomic mass is 10.1. The summed E-state index contributed by atoms with van der Waals surface area (Å²) in [7, 11) is -4.13. The highest BCUT2D eigenvalue weighted by Gasteiger charge is 2.35. The van der Waals surface area contributed by atoms with Crippen LogP contribution in [-0.2, 0) is 24.3 Å². The number of benzene rings is 1.